The first-order valence-corrected chi connectivity index (χ1v) is 9.95. The fraction of sp³-hybridized carbons (Fsp3) is 0.895. The second kappa shape index (κ2) is 4.91. The molecule has 0 amide bonds. The van der Waals surface area contributed by atoms with Crippen LogP contribution in [0.5, 0.6) is 0 Å². The third kappa shape index (κ3) is 1.85. The van der Waals surface area contributed by atoms with Gasteiger partial charge in [0, 0.05) is 24.7 Å². The molecule has 4 fully saturated rings. The van der Waals surface area contributed by atoms with Gasteiger partial charge in [-0.2, -0.15) is 0 Å². The first-order valence-electron chi connectivity index (χ1n) is 9.15. The zero-order valence-corrected chi connectivity index (χ0v) is 15.7. The van der Waals surface area contributed by atoms with Crippen LogP contribution in [0.15, 0.2) is 0 Å². The second-order valence-corrected chi connectivity index (χ2v) is 10.3. The molecule has 4 saturated carbocycles. The van der Waals surface area contributed by atoms with Crippen molar-refractivity contribution in [3.8, 4) is 0 Å². The number of alkyl halides is 1. The molecule has 0 spiro atoms. The summed E-state index contributed by atoms with van der Waals surface area (Å²) in [6.45, 7) is 4.37. The van der Waals surface area contributed by atoms with Crippen molar-refractivity contribution in [3.05, 3.63) is 0 Å². The fourth-order valence-electron chi connectivity index (χ4n) is 6.82. The summed E-state index contributed by atoms with van der Waals surface area (Å²) in [6.07, 6.45) is 5.99. The van der Waals surface area contributed by atoms with E-state index in [1.54, 1.807) is 0 Å². The lowest BCUT2D eigenvalue weighted by Gasteiger charge is -2.65. The first-order chi connectivity index (χ1) is 10.7. The van der Waals surface area contributed by atoms with Gasteiger partial charge in [-0.25, -0.2) is 0 Å². The predicted octanol–water partition coefficient (Wildman–Crippen LogP) is 3.66. The molecular weight excluding hydrogens is 356 g/mol. The number of carbonyl (C=O) groups excluding carboxylic acids is 2. The lowest BCUT2D eigenvalue weighted by molar-refractivity contribution is -0.156. The van der Waals surface area contributed by atoms with E-state index in [0.29, 0.717) is 55.0 Å². The maximum absolute atomic E-state index is 12.5. The SMILES string of the molecule is C[C@]12CCC(=O)C[C@@H]1CC[C@H]1[C@@H]3CCC(=O)[C@@]3(C)C[C@H](O)[C@@]12Br. The van der Waals surface area contributed by atoms with Gasteiger partial charge in [-0.1, -0.05) is 29.8 Å². The lowest BCUT2D eigenvalue weighted by atomic mass is 9.44. The molecule has 0 aliphatic heterocycles. The van der Waals surface area contributed by atoms with Gasteiger partial charge in [-0.05, 0) is 55.3 Å². The van der Waals surface area contributed by atoms with Crippen LogP contribution in [0, 0.1) is 28.6 Å². The summed E-state index contributed by atoms with van der Waals surface area (Å²) >= 11 is 4.06. The van der Waals surface area contributed by atoms with Crippen LogP contribution in [-0.4, -0.2) is 27.1 Å². The normalized spacial score (nSPS) is 56.0. The molecule has 0 radical (unpaired) electrons. The molecular formula is C19H27BrO3. The Hall–Kier alpha value is -0.220. The summed E-state index contributed by atoms with van der Waals surface area (Å²) in [4.78, 5) is 24.4. The minimum Gasteiger partial charge on any atom is -0.392 e. The van der Waals surface area contributed by atoms with Crippen molar-refractivity contribution >= 4 is 27.5 Å². The van der Waals surface area contributed by atoms with Crippen molar-refractivity contribution in [3.63, 3.8) is 0 Å². The maximum atomic E-state index is 12.5. The minimum absolute atomic E-state index is 0.0454. The van der Waals surface area contributed by atoms with Crippen molar-refractivity contribution in [2.45, 2.75) is 75.6 Å². The minimum atomic E-state index is -0.503. The van der Waals surface area contributed by atoms with E-state index in [9.17, 15) is 14.7 Å². The van der Waals surface area contributed by atoms with Gasteiger partial charge in [0.1, 0.15) is 11.6 Å². The molecule has 0 aromatic heterocycles. The van der Waals surface area contributed by atoms with Crippen LogP contribution in [0.1, 0.15) is 65.2 Å². The molecule has 4 aliphatic rings. The van der Waals surface area contributed by atoms with E-state index >= 15 is 0 Å². The number of carbonyl (C=O) groups is 2. The van der Waals surface area contributed by atoms with Crippen LogP contribution >= 0.6 is 15.9 Å². The Morgan fingerprint density at radius 1 is 1.09 bits per heavy atom. The molecule has 128 valence electrons. The van der Waals surface area contributed by atoms with Crippen LogP contribution in [0.25, 0.3) is 0 Å². The molecule has 0 saturated heterocycles. The standard InChI is InChI=1S/C19H27BrO3/c1-17-10-16(23)19(20)14(13(17)5-6-15(17)22)4-3-11-9-12(21)7-8-18(11,19)2/h11,13-14,16,23H,3-10H2,1-2H3/t11-,13-,14-,16-,17-,18-,19-/m0/s1. The molecule has 0 aromatic carbocycles. The van der Waals surface area contributed by atoms with Crippen LogP contribution in [0.4, 0.5) is 0 Å². The molecule has 4 heteroatoms. The molecule has 4 aliphatic carbocycles. The number of fused-ring (bicyclic) bond motifs is 5. The first kappa shape index (κ1) is 16.3. The molecule has 4 rings (SSSR count). The van der Waals surface area contributed by atoms with E-state index in [1.807, 2.05) is 0 Å². The second-order valence-electron chi connectivity index (χ2n) is 9.01. The number of Topliss-reactive ketones (excluding diaryl/α,β-unsaturated/α-hetero) is 2. The Morgan fingerprint density at radius 3 is 2.57 bits per heavy atom. The van der Waals surface area contributed by atoms with E-state index in [1.165, 1.54) is 0 Å². The van der Waals surface area contributed by atoms with Gasteiger partial charge >= 0.3 is 0 Å². The van der Waals surface area contributed by atoms with Crippen molar-refractivity contribution < 1.29 is 14.7 Å². The Bertz CT molecular complexity index is 575. The van der Waals surface area contributed by atoms with Crippen LogP contribution < -0.4 is 0 Å². The summed E-state index contributed by atoms with van der Waals surface area (Å²) in [5.41, 5.74) is -0.384. The van der Waals surface area contributed by atoms with Gasteiger partial charge in [0.25, 0.3) is 0 Å². The molecule has 0 unspecified atom stereocenters. The van der Waals surface area contributed by atoms with Crippen molar-refractivity contribution in [1.82, 2.24) is 0 Å². The monoisotopic (exact) mass is 382 g/mol. The third-order valence-corrected chi connectivity index (χ3v) is 10.3. The Labute approximate surface area is 146 Å². The quantitative estimate of drug-likeness (QED) is 0.650. The van der Waals surface area contributed by atoms with Gasteiger partial charge in [0.2, 0.25) is 0 Å². The Balaban J connectivity index is 1.78. The van der Waals surface area contributed by atoms with Gasteiger partial charge < -0.3 is 5.11 Å². The Kier molecular flexibility index (Phi) is 3.47. The van der Waals surface area contributed by atoms with Crippen LogP contribution in [0.2, 0.25) is 0 Å². The Morgan fingerprint density at radius 2 is 1.83 bits per heavy atom. The molecule has 7 atom stereocenters. The van der Waals surface area contributed by atoms with Gasteiger partial charge in [-0.3, -0.25) is 9.59 Å². The lowest BCUT2D eigenvalue weighted by Crippen LogP contribution is -2.68. The van der Waals surface area contributed by atoms with Crippen LogP contribution in [0.3, 0.4) is 0 Å². The van der Waals surface area contributed by atoms with Gasteiger partial charge in [0.05, 0.1) is 10.4 Å². The summed E-state index contributed by atoms with van der Waals surface area (Å²) in [5, 5.41) is 11.2. The number of hydrogen-bond donors (Lipinski definition) is 1. The summed E-state index contributed by atoms with van der Waals surface area (Å²) in [7, 11) is 0. The largest absolute Gasteiger partial charge is 0.392 e. The van der Waals surface area contributed by atoms with E-state index in [2.05, 4.69) is 29.8 Å². The molecule has 1 N–H and O–H groups in total. The fourth-order valence-corrected chi connectivity index (χ4v) is 8.06. The zero-order valence-electron chi connectivity index (χ0n) is 14.1. The highest BCUT2D eigenvalue weighted by atomic mass is 79.9. The summed E-state index contributed by atoms with van der Waals surface area (Å²) < 4.78 is -0.335. The number of ketones is 2. The molecule has 0 aromatic rings. The maximum Gasteiger partial charge on any atom is 0.139 e. The zero-order chi connectivity index (χ0) is 16.6. The summed E-state index contributed by atoms with van der Waals surface area (Å²) in [5.74, 6) is 1.83. The molecule has 23 heavy (non-hydrogen) atoms. The van der Waals surface area contributed by atoms with Crippen molar-refractivity contribution in [2.75, 3.05) is 0 Å². The van der Waals surface area contributed by atoms with E-state index in [0.717, 1.165) is 25.7 Å². The number of aliphatic hydroxyl groups is 1. The van der Waals surface area contributed by atoms with Crippen molar-refractivity contribution in [1.29, 1.82) is 0 Å². The number of hydrogen-bond acceptors (Lipinski definition) is 3. The highest BCUT2D eigenvalue weighted by Crippen LogP contribution is 2.69. The highest BCUT2D eigenvalue weighted by Gasteiger charge is 2.69. The highest BCUT2D eigenvalue weighted by molar-refractivity contribution is 9.10. The van der Waals surface area contributed by atoms with E-state index in [-0.39, 0.29) is 15.2 Å². The van der Waals surface area contributed by atoms with E-state index in [4.69, 9.17) is 0 Å². The number of aliphatic hydroxyl groups excluding tert-OH is 1. The average molecular weight is 383 g/mol. The average Bonchev–Trinajstić information content (AvgIpc) is 2.77. The van der Waals surface area contributed by atoms with Crippen molar-refractivity contribution in [2.24, 2.45) is 28.6 Å². The smallest absolute Gasteiger partial charge is 0.139 e. The van der Waals surface area contributed by atoms with Crippen LogP contribution in [-0.2, 0) is 9.59 Å². The number of halogens is 1. The molecule has 3 nitrogen and oxygen atoms in total. The molecule has 0 heterocycles. The van der Waals surface area contributed by atoms with E-state index < -0.39 is 6.10 Å². The van der Waals surface area contributed by atoms with Gasteiger partial charge in [0.15, 0.2) is 0 Å². The molecule has 0 bridgehead atoms. The number of rotatable bonds is 0. The summed E-state index contributed by atoms with van der Waals surface area (Å²) in [6, 6.07) is 0. The third-order valence-electron chi connectivity index (χ3n) is 8.27. The predicted molar refractivity (Wildman–Crippen MR) is 91.3 cm³/mol. The van der Waals surface area contributed by atoms with Gasteiger partial charge in [-0.15, -0.1) is 0 Å². The topological polar surface area (TPSA) is 54.4 Å².